The second-order valence-corrected chi connectivity index (χ2v) is 9.82. The van der Waals surface area contributed by atoms with Crippen molar-refractivity contribution in [3.05, 3.63) is 131 Å². The van der Waals surface area contributed by atoms with Crippen LogP contribution in [0, 0.1) is 0 Å². The number of halogens is 5. The molecule has 0 aliphatic heterocycles. The van der Waals surface area contributed by atoms with E-state index in [9.17, 15) is 31.5 Å². The van der Waals surface area contributed by atoms with Crippen molar-refractivity contribution in [3.63, 3.8) is 0 Å². The fraction of sp³-hybridized carbons (Fsp3) is 0.0909. The number of rotatable bonds is 6. The van der Waals surface area contributed by atoms with Crippen molar-refractivity contribution < 1.29 is 31.5 Å². The van der Waals surface area contributed by atoms with E-state index < -0.39 is 29.5 Å². The van der Waals surface area contributed by atoms with Crippen LogP contribution in [0.5, 0.6) is 0 Å². The zero-order valence-corrected chi connectivity index (χ0v) is 22.1. The molecule has 212 valence electrons. The van der Waals surface area contributed by atoms with Gasteiger partial charge in [-0.3, -0.25) is 9.59 Å². The summed E-state index contributed by atoms with van der Waals surface area (Å²) in [6.45, 7) is 0.746. The summed E-state index contributed by atoms with van der Waals surface area (Å²) in [5.41, 5.74) is 0.0805. The number of carbonyl (C=O) groups excluding carboxylic acids is 2. The monoisotopic (exact) mass is 574 g/mol. The second-order valence-electron chi connectivity index (χ2n) is 9.82. The van der Waals surface area contributed by atoms with Crippen LogP contribution in [0.1, 0.15) is 38.8 Å². The van der Waals surface area contributed by atoms with Crippen molar-refractivity contribution >= 4 is 34.0 Å². The number of anilines is 2. The Hall–Kier alpha value is -5.05. The van der Waals surface area contributed by atoms with Crippen LogP contribution in [0.2, 0.25) is 0 Å². The van der Waals surface area contributed by atoms with Crippen LogP contribution in [0.25, 0.3) is 21.9 Å². The number of benzene rings is 5. The van der Waals surface area contributed by atoms with Gasteiger partial charge in [-0.05, 0) is 76.5 Å². The lowest BCUT2D eigenvalue weighted by atomic mass is 9.96. The molecule has 9 heteroatoms. The molecule has 0 aromatic heterocycles. The zero-order chi connectivity index (χ0) is 30.1. The molecule has 42 heavy (non-hydrogen) atoms. The highest BCUT2D eigenvalue weighted by Gasteiger charge is 2.30. The van der Waals surface area contributed by atoms with Crippen molar-refractivity contribution in [1.82, 2.24) is 0 Å². The Kier molecular flexibility index (Phi) is 7.51. The summed E-state index contributed by atoms with van der Waals surface area (Å²) in [6, 6.07) is 27.0. The fourth-order valence-corrected chi connectivity index (χ4v) is 4.48. The summed E-state index contributed by atoms with van der Waals surface area (Å²) in [7, 11) is 0. The summed E-state index contributed by atoms with van der Waals surface area (Å²) in [5.74, 6) is -4.52. The quantitative estimate of drug-likeness (QED) is 0.199. The van der Waals surface area contributed by atoms with E-state index in [2.05, 4.69) is 10.6 Å². The van der Waals surface area contributed by atoms with Gasteiger partial charge in [-0.2, -0.15) is 13.2 Å². The molecular weight excluding hydrogens is 551 g/mol. The summed E-state index contributed by atoms with van der Waals surface area (Å²) in [6.07, 6.45) is -4.60. The largest absolute Gasteiger partial charge is 0.416 e. The van der Waals surface area contributed by atoms with Gasteiger partial charge in [0.1, 0.15) is 0 Å². The average Bonchev–Trinajstić information content (AvgIpc) is 2.96. The van der Waals surface area contributed by atoms with Crippen molar-refractivity contribution in [1.29, 1.82) is 0 Å². The third-order valence-corrected chi connectivity index (χ3v) is 6.62. The van der Waals surface area contributed by atoms with Gasteiger partial charge >= 0.3 is 6.18 Å². The first-order valence-corrected chi connectivity index (χ1v) is 12.8. The van der Waals surface area contributed by atoms with Crippen molar-refractivity contribution in [2.24, 2.45) is 0 Å². The first kappa shape index (κ1) is 28.5. The Morgan fingerprint density at radius 1 is 0.548 bits per heavy atom. The van der Waals surface area contributed by atoms with Gasteiger partial charge in [0, 0.05) is 35.0 Å². The van der Waals surface area contributed by atoms with Gasteiger partial charge in [0.05, 0.1) is 5.56 Å². The molecule has 0 radical (unpaired) electrons. The Balaban J connectivity index is 1.53. The van der Waals surface area contributed by atoms with E-state index in [0.29, 0.717) is 11.1 Å². The third-order valence-electron chi connectivity index (χ3n) is 6.62. The van der Waals surface area contributed by atoms with Crippen molar-refractivity contribution in [2.45, 2.75) is 19.0 Å². The highest BCUT2D eigenvalue weighted by molar-refractivity contribution is 6.10. The topological polar surface area (TPSA) is 58.2 Å². The Morgan fingerprint density at radius 3 is 1.67 bits per heavy atom. The van der Waals surface area contributed by atoms with Gasteiger partial charge in [0.15, 0.2) is 0 Å². The van der Waals surface area contributed by atoms with Crippen LogP contribution < -0.4 is 10.6 Å². The van der Waals surface area contributed by atoms with E-state index in [1.165, 1.54) is 42.5 Å². The van der Waals surface area contributed by atoms with Crippen LogP contribution in [-0.2, 0) is 12.1 Å². The molecule has 2 N–H and O–H groups in total. The number of amides is 2. The van der Waals surface area contributed by atoms with Crippen molar-refractivity contribution in [2.75, 3.05) is 10.6 Å². The smallest absolute Gasteiger partial charge is 0.322 e. The number of carbonyl (C=O) groups is 2. The summed E-state index contributed by atoms with van der Waals surface area (Å²) in [5, 5.41) is 6.95. The molecule has 0 heterocycles. The zero-order valence-electron chi connectivity index (χ0n) is 22.1. The van der Waals surface area contributed by atoms with Crippen molar-refractivity contribution in [3.8, 4) is 11.1 Å². The summed E-state index contributed by atoms with van der Waals surface area (Å²) >= 11 is 0. The molecule has 4 nitrogen and oxygen atoms in total. The standard InChI is InChI=1S/C33H23F5N2O2/c1-32(34,35)26-8-4-10-28(18-26)39-30(41)24-15-23(22-13-12-20-6-2-3-7-21(20)14-22)16-25(17-24)31(42)40-29-11-5-9-27(19-29)33(36,37)38/h2-19H,1H3,(H,39,41)(H,40,42). The van der Waals surface area contributed by atoms with Crippen LogP contribution in [-0.4, -0.2) is 11.8 Å². The molecule has 0 spiro atoms. The normalized spacial score (nSPS) is 11.8. The number of alkyl halides is 5. The minimum atomic E-state index is -4.60. The maximum atomic E-state index is 13.8. The Bertz CT molecular complexity index is 1720. The van der Waals surface area contributed by atoms with Gasteiger partial charge in [0.25, 0.3) is 17.7 Å². The molecular formula is C33H23F5N2O2. The first-order chi connectivity index (χ1) is 19.9. The Labute approximate surface area is 237 Å². The van der Waals surface area contributed by atoms with E-state index in [0.717, 1.165) is 35.9 Å². The minimum Gasteiger partial charge on any atom is -0.322 e. The molecule has 5 rings (SSSR count). The van der Waals surface area contributed by atoms with E-state index in [4.69, 9.17) is 0 Å². The highest BCUT2D eigenvalue weighted by Crippen LogP contribution is 2.32. The number of nitrogens with one attached hydrogen (secondary N) is 2. The molecule has 5 aromatic carbocycles. The van der Waals surface area contributed by atoms with Gasteiger partial charge in [0.2, 0.25) is 0 Å². The SMILES string of the molecule is CC(F)(F)c1cccc(NC(=O)c2cc(C(=O)Nc3cccc(C(F)(F)F)c3)cc(-c3ccc4ccccc4c3)c2)c1. The lowest BCUT2D eigenvalue weighted by molar-refractivity contribution is -0.137. The lowest BCUT2D eigenvalue weighted by Crippen LogP contribution is -2.17. The molecule has 2 amide bonds. The van der Waals surface area contributed by atoms with Crippen LogP contribution in [0.15, 0.2) is 109 Å². The predicted molar refractivity (Wildman–Crippen MR) is 153 cm³/mol. The summed E-state index contributed by atoms with van der Waals surface area (Å²) < 4.78 is 67.3. The average molecular weight is 575 g/mol. The second kappa shape index (κ2) is 11.1. The molecule has 0 unspecified atom stereocenters. The van der Waals surface area contributed by atoms with Gasteiger partial charge < -0.3 is 10.6 Å². The van der Waals surface area contributed by atoms with Gasteiger partial charge in [-0.1, -0.05) is 54.6 Å². The summed E-state index contributed by atoms with van der Waals surface area (Å²) in [4.78, 5) is 26.6. The molecule has 0 aliphatic rings. The molecule has 5 aromatic rings. The molecule has 0 fully saturated rings. The van der Waals surface area contributed by atoms with Gasteiger partial charge in [-0.25, -0.2) is 8.78 Å². The number of hydrogen-bond donors (Lipinski definition) is 2. The highest BCUT2D eigenvalue weighted by atomic mass is 19.4. The maximum Gasteiger partial charge on any atom is 0.416 e. The molecule has 0 saturated carbocycles. The fourth-order valence-electron chi connectivity index (χ4n) is 4.48. The Morgan fingerprint density at radius 2 is 1.10 bits per heavy atom. The van der Waals surface area contributed by atoms with Crippen LogP contribution in [0.4, 0.5) is 33.3 Å². The number of fused-ring (bicyclic) bond motifs is 1. The lowest BCUT2D eigenvalue weighted by Gasteiger charge is -2.14. The minimum absolute atomic E-state index is 0.0112. The van der Waals surface area contributed by atoms with Crippen LogP contribution in [0.3, 0.4) is 0 Å². The van der Waals surface area contributed by atoms with E-state index >= 15 is 0 Å². The predicted octanol–water partition coefficient (Wildman–Crippen LogP) is 9.14. The van der Waals surface area contributed by atoms with Gasteiger partial charge in [-0.15, -0.1) is 0 Å². The molecule has 0 atom stereocenters. The molecule has 0 bridgehead atoms. The van der Waals surface area contributed by atoms with E-state index in [1.807, 2.05) is 42.5 Å². The maximum absolute atomic E-state index is 13.8. The molecule has 0 saturated heterocycles. The first-order valence-electron chi connectivity index (χ1n) is 12.8. The molecule has 0 aliphatic carbocycles. The third kappa shape index (κ3) is 6.46. The number of hydrogen-bond acceptors (Lipinski definition) is 2. The van der Waals surface area contributed by atoms with E-state index in [1.54, 1.807) is 6.07 Å². The van der Waals surface area contributed by atoms with Crippen LogP contribution >= 0.6 is 0 Å². The van der Waals surface area contributed by atoms with E-state index in [-0.39, 0.29) is 28.1 Å².